The summed E-state index contributed by atoms with van der Waals surface area (Å²) < 4.78 is 101. The van der Waals surface area contributed by atoms with Gasteiger partial charge in [0.2, 0.25) is 0 Å². The molecule has 160 valence electrons. The Balaban J connectivity index is 2.36. The van der Waals surface area contributed by atoms with Crippen LogP contribution in [0, 0.1) is 29.1 Å². The van der Waals surface area contributed by atoms with Crippen molar-refractivity contribution in [2.75, 3.05) is 0 Å². The Morgan fingerprint density at radius 1 is 0.897 bits per heavy atom. The topological polar surface area (TPSA) is 9.23 Å². The number of thiol groups is 1. The minimum absolute atomic E-state index is 0.0623. The van der Waals surface area contributed by atoms with E-state index in [9.17, 15) is 30.7 Å². The van der Waals surface area contributed by atoms with Crippen LogP contribution >= 0.6 is 12.6 Å². The third-order valence-electron chi connectivity index (χ3n) is 4.46. The molecule has 0 amide bonds. The predicted molar refractivity (Wildman–Crippen MR) is 97.9 cm³/mol. The highest BCUT2D eigenvalue weighted by Gasteiger charge is 2.41. The summed E-state index contributed by atoms with van der Waals surface area (Å²) in [7, 11) is 0. The quantitative estimate of drug-likeness (QED) is 0.262. The molecule has 2 atom stereocenters. The van der Waals surface area contributed by atoms with E-state index >= 15 is 0 Å². The number of hydrogen-bond donors (Lipinski definition) is 1. The lowest BCUT2D eigenvalue weighted by atomic mass is 9.90. The van der Waals surface area contributed by atoms with Gasteiger partial charge in [0.25, 0.3) is 0 Å². The van der Waals surface area contributed by atoms with Crippen molar-refractivity contribution in [2.24, 2.45) is 0 Å². The van der Waals surface area contributed by atoms with Crippen LogP contribution in [0.5, 0.6) is 5.75 Å². The second-order valence-electron chi connectivity index (χ2n) is 6.71. The average Bonchev–Trinajstić information content (AvgIpc) is 2.58. The largest absolute Gasteiger partial charge is 0.432 e. The number of halogens is 7. The molecule has 0 spiro atoms. The van der Waals surface area contributed by atoms with Crippen molar-refractivity contribution in [3.05, 3.63) is 64.5 Å². The van der Waals surface area contributed by atoms with Gasteiger partial charge in [-0.05, 0) is 48.1 Å². The maximum atomic E-state index is 14.4. The van der Waals surface area contributed by atoms with Gasteiger partial charge in [0.1, 0.15) is 22.9 Å². The smallest absolute Gasteiger partial charge is 0.429 e. The first kappa shape index (κ1) is 23.4. The number of ether oxygens (including phenoxy) is 1. The van der Waals surface area contributed by atoms with Crippen molar-refractivity contribution in [3.63, 3.8) is 0 Å². The highest BCUT2D eigenvalue weighted by Crippen LogP contribution is 2.38. The van der Waals surface area contributed by atoms with Crippen molar-refractivity contribution >= 4 is 12.6 Å². The minimum atomic E-state index is -4.59. The van der Waals surface area contributed by atoms with Crippen molar-refractivity contribution in [3.8, 4) is 5.75 Å². The van der Waals surface area contributed by atoms with Crippen LogP contribution in [-0.2, 0) is 6.11 Å². The molecule has 0 radical (unpaired) electrons. The second-order valence-corrected chi connectivity index (χ2v) is 7.59. The fraction of sp³-hybridized carbons (Fsp3) is 0.400. The van der Waals surface area contributed by atoms with E-state index in [1.807, 2.05) is 6.92 Å². The molecule has 0 N–H and O–H groups in total. The summed E-state index contributed by atoms with van der Waals surface area (Å²) >= 11 is 4.25. The molecule has 2 rings (SSSR count). The molecule has 0 aliphatic heterocycles. The summed E-state index contributed by atoms with van der Waals surface area (Å²) in [5.41, 5.74) is -1.50. The first-order chi connectivity index (χ1) is 13.5. The third-order valence-corrected chi connectivity index (χ3v) is 4.71. The van der Waals surface area contributed by atoms with Crippen molar-refractivity contribution < 1.29 is 35.5 Å². The van der Waals surface area contributed by atoms with Gasteiger partial charge in [0, 0.05) is 12.1 Å². The second kappa shape index (κ2) is 9.28. The van der Waals surface area contributed by atoms with E-state index < -0.39 is 46.5 Å². The van der Waals surface area contributed by atoms with Crippen molar-refractivity contribution in [1.29, 1.82) is 0 Å². The fourth-order valence-corrected chi connectivity index (χ4v) is 3.09. The zero-order chi connectivity index (χ0) is 21.9. The van der Waals surface area contributed by atoms with E-state index in [0.717, 1.165) is 12.1 Å². The Hall–Kier alpha value is -1.90. The predicted octanol–water partition coefficient (Wildman–Crippen LogP) is 7.10. The lowest BCUT2D eigenvalue weighted by molar-refractivity contribution is -0.189. The molecule has 9 heteroatoms. The number of alkyl halides is 2. The lowest BCUT2D eigenvalue weighted by Gasteiger charge is -2.22. The van der Waals surface area contributed by atoms with Crippen LogP contribution in [0.2, 0.25) is 0 Å². The highest BCUT2D eigenvalue weighted by atomic mass is 32.1. The summed E-state index contributed by atoms with van der Waals surface area (Å²) in [6, 6.07) is 1.89. The molecule has 0 aliphatic rings. The Morgan fingerprint density at radius 2 is 1.41 bits per heavy atom. The SMILES string of the molecule is CCC(CCC(C)S)c1cc(F)c(C(F)(F)Oc2cc(F)c(F)c(F)c2)c(F)c1. The van der Waals surface area contributed by atoms with E-state index in [0.29, 0.717) is 19.3 Å². The molecule has 0 bridgehead atoms. The van der Waals surface area contributed by atoms with Gasteiger partial charge in [-0.1, -0.05) is 13.8 Å². The van der Waals surface area contributed by atoms with Gasteiger partial charge >= 0.3 is 6.11 Å². The van der Waals surface area contributed by atoms with Crippen LogP contribution in [0.3, 0.4) is 0 Å². The molecule has 2 unspecified atom stereocenters. The molecule has 0 aromatic heterocycles. The molecule has 0 saturated carbocycles. The molecule has 2 aromatic carbocycles. The van der Waals surface area contributed by atoms with Crippen LogP contribution in [0.15, 0.2) is 24.3 Å². The zero-order valence-corrected chi connectivity index (χ0v) is 16.5. The zero-order valence-electron chi connectivity index (χ0n) is 15.6. The average molecular weight is 440 g/mol. The third kappa shape index (κ3) is 5.58. The maximum absolute atomic E-state index is 14.4. The molecule has 0 fully saturated rings. The molecular formula is C20H19F7OS. The van der Waals surface area contributed by atoms with E-state index in [-0.39, 0.29) is 28.9 Å². The molecule has 0 heterocycles. The van der Waals surface area contributed by atoms with Crippen LogP contribution in [0.25, 0.3) is 0 Å². The van der Waals surface area contributed by atoms with Gasteiger partial charge in [-0.3, -0.25) is 0 Å². The first-order valence-corrected chi connectivity index (χ1v) is 9.36. The number of rotatable bonds is 8. The lowest BCUT2D eigenvalue weighted by Crippen LogP contribution is -2.25. The van der Waals surface area contributed by atoms with Crippen LogP contribution in [-0.4, -0.2) is 5.25 Å². The van der Waals surface area contributed by atoms with Crippen molar-refractivity contribution in [1.82, 2.24) is 0 Å². The van der Waals surface area contributed by atoms with Crippen molar-refractivity contribution in [2.45, 2.75) is 50.4 Å². The van der Waals surface area contributed by atoms with E-state index in [1.54, 1.807) is 6.92 Å². The molecule has 0 saturated heterocycles. The highest BCUT2D eigenvalue weighted by molar-refractivity contribution is 7.80. The Bertz CT molecular complexity index is 824. The first-order valence-electron chi connectivity index (χ1n) is 8.85. The Labute approximate surface area is 169 Å². The van der Waals surface area contributed by atoms with Gasteiger partial charge in [-0.15, -0.1) is 0 Å². The molecular weight excluding hydrogens is 421 g/mol. The molecule has 1 nitrogen and oxygen atoms in total. The summed E-state index contributed by atoms with van der Waals surface area (Å²) in [6.45, 7) is 3.66. The van der Waals surface area contributed by atoms with Crippen LogP contribution in [0.1, 0.15) is 50.2 Å². The Morgan fingerprint density at radius 3 is 1.86 bits per heavy atom. The Kier molecular flexibility index (Phi) is 7.48. The maximum Gasteiger partial charge on any atom is 0.432 e. The van der Waals surface area contributed by atoms with Gasteiger partial charge in [0.15, 0.2) is 17.5 Å². The number of hydrogen-bond acceptors (Lipinski definition) is 2. The normalized spacial score (nSPS) is 14.0. The molecule has 29 heavy (non-hydrogen) atoms. The molecule has 0 aliphatic carbocycles. The van der Waals surface area contributed by atoms with Gasteiger partial charge < -0.3 is 4.74 Å². The molecule has 2 aromatic rings. The summed E-state index contributed by atoms with van der Waals surface area (Å²) in [4.78, 5) is 0. The number of benzene rings is 2. The van der Waals surface area contributed by atoms with Gasteiger partial charge in [-0.25, -0.2) is 22.0 Å². The van der Waals surface area contributed by atoms with Gasteiger partial charge in [-0.2, -0.15) is 21.4 Å². The summed E-state index contributed by atoms with van der Waals surface area (Å²) in [5.74, 6) is -9.96. The van der Waals surface area contributed by atoms with Crippen LogP contribution < -0.4 is 4.74 Å². The minimum Gasteiger partial charge on any atom is -0.429 e. The van der Waals surface area contributed by atoms with E-state index in [4.69, 9.17) is 0 Å². The monoisotopic (exact) mass is 440 g/mol. The summed E-state index contributed by atoms with van der Waals surface area (Å²) in [6.07, 6.45) is -2.85. The van der Waals surface area contributed by atoms with Crippen LogP contribution in [0.4, 0.5) is 30.7 Å². The standard InChI is InChI=1S/C20H19F7OS/c1-3-11(5-4-10(2)29)12-6-14(21)18(15(22)7-12)20(26,27)28-13-8-16(23)19(25)17(24)9-13/h6-11,29H,3-5H2,1-2H3. The van der Waals surface area contributed by atoms with Gasteiger partial charge in [0.05, 0.1) is 0 Å². The fourth-order valence-electron chi connectivity index (χ4n) is 2.95. The van der Waals surface area contributed by atoms with E-state index in [2.05, 4.69) is 17.4 Å². The summed E-state index contributed by atoms with van der Waals surface area (Å²) in [5, 5.41) is 0.0623. The van der Waals surface area contributed by atoms with E-state index in [1.165, 1.54) is 0 Å².